The number of benzene rings is 1. The molecular weight excluding hydrogens is 296 g/mol. The average Bonchev–Trinajstić information content (AvgIpc) is 3.08. The topological polar surface area (TPSA) is 32.3 Å². The zero-order valence-electron chi connectivity index (χ0n) is 15.3. The van der Waals surface area contributed by atoms with Gasteiger partial charge >= 0.3 is 0 Å². The van der Waals surface area contributed by atoms with Crippen molar-refractivity contribution in [1.82, 2.24) is 4.90 Å². The molecule has 24 heavy (non-hydrogen) atoms. The Morgan fingerprint density at radius 3 is 2.50 bits per heavy atom. The first-order valence-corrected chi connectivity index (χ1v) is 9.76. The fourth-order valence-electron chi connectivity index (χ4n) is 4.11. The number of carbonyl (C=O) groups excluding carboxylic acids is 1. The number of hydrogen-bond donors (Lipinski definition) is 1. The van der Waals surface area contributed by atoms with E-state index in [4.69, 9.17) is 0 Å². The molecule has 2 aliphatic rings. The van der Waals surface area contributed by atoms with Crippen LogP contribution >= 0.6 is 0 Å². The second-order valence-electron chi connectivity index (χ2n) is 7.95. The van der Waals surface area contributed by atoms with Crippen LogP contribution in [0.3, 0.4) is 0 Å². The highest BCUT2D eigenvalue weighted by molar-refractivity contribution is 5.76. The number of anilines is 1. The molecule has 0 spiro atoms. The molecule has 1 heterocycles. The highest BCUT2D eigenvalue weighted by Gasteiger charge is 2.26. The minimum absolute atomic E-state index is 0.378. The summed E-state index contributed by atoms with van der Waals surface area (Å²) in [6.45, 7) is 6.24. The molecule has 1 aromatic rings. The van der Waals surface area contributed by atoms with Gasteiger partial charge in [-0.25, -0.2) is 0 Å². The Bertz CT molecular complexity index is 531. The first-order chi connectivity index (χ1) is 11.6. The van der Waals surface area contributed by atoms with Crippen molar-refractivity contribution in [2.75, 3.05) is 18.4 Å². The van der Waals surface area contributed by atoms with Gasteiger partial charge in [-0.3, -0.25) is 4.79 Å². The molecular formula is C21H32N2O. The number of rotatable bonds is 5. The largest absolute Gasteiger partial charge is 0.381 e. The van der Waals surface area contributed by atoms with Crippen LogP contribution in [-0.4, -0.2) is 29.9 Å². The van der Waals surface area contributed by atoms with Gasteiger partial charge in [0.05, 0.1) is 0 Å². The smallest absolute Gasteiger partial charge is 0.222 e. The van der Waals surface area contributed by atoms with Crippen molar-refractivity contribution in [1.29, 1.82) is 0 Å². The zero-order chi connectivity index (χ0) is 16.9. The molecule has 0 bridgehead atoms. The SMILES string of the molecule is CC(C)c1ccc(N[C@@H]2CCCN(C(=O)CC3CCCC3)C2)cc1. The summed E-state index contributed by atoms with van der Waals surface area (Å²) in [6.07, 6.45) is 8.17. The Morgan fingerprint density at radius 2 is 1.83 bits per heavy atom. The van der Waals surface area contributed by atoms with E-state index < -0.39 is 0 Å². The number of hydrogen-bond acceptors (Lipinski definition) is 2. The zero-order valence-corrected chi connectivity index (χ0v) is 15.3. The molecule has 132 valence electrons. The fourth-order valence-corrected chi connectivity index (χ4v) is 4.11. The number of likely N-dealkylation sites (tertiary alicyclic amines) is 1. The lowest BCUT2D eigenvalue weighted by atomic mass is 10.00. The molecule has 1 N–H and O–H groups in total. The summed E-state index contributed by atoms with van der Waals surface area (Å²) in [7, 11) is 0. The van der Waals surface area contributed by atoms with Crippen molar-refractivity contribution in [2.24, 2.45) is 5.92 Å². The average molecular weight is 329 g/mol. The third-order valence-electron chi connectivity index (χ3n) is 5.66. The molecule has 1 atom stereocenters. The summed E-state index contributed by atoms with van der Waals surface area (Å²) >= 11 is 0. The van der Waals surface area contributed by atoms with Gasteiger partial charge in [0, 0.05) is 31.2 Å². The van der Waals surface area contributed by atoms with Gasteiger partial charge in [-0.1, -0.05) is 38.8 Å². The van der Waals surface area contributed by atoms with Gasteiger partial charge in [0.1, 0.15) is 0 Å². The van der Waals surface area contributed by atoms with Gasteiger partial charge in [-0.05, 0) is 55.2 Å². The maximum Gasteiger partial charge on any atom is 0.222 e. The van der Waals surface area contributed by atoms with Crippen LogP contribution in [0.15, 0.2) is 24.3 Å². The maximum absolute atomic E-state index is 12.6. The quantitative estimate of drug-likeness (QED) is 0.842. The highest BCUT2D eigenvalue weighted by Crippen LogP contribution is 2.28. The van der Waals surface area contributed by atoms with Crippen LogP contribution in [0.5, 0.6) is 0 Å². The Kier molecular flexibility index (Phi) is 5.80. The van der Waals surface area contributed by atoms with Gasteiger partial charge in [0.2, 0.25) is 5.91 Å². The van der Waals surface area contributed by atoms with Crippen molar-refractivity contribution in [3.05, 3.63) is 29.8 Å². The number of piperidine rings is 1. The molecule has 1 aliphatic carbocycles. The molecule has 3 rings (SSSR count). The van der Waals surface area contributed by atoms with Crippen molar-refractivity contribution in [2.45, 2.75) is 70.8 Å². The molecule has 3 heteroatoms. The van der Waals surface area contributed by atoms with Gasteiger partial charge < -0.3 is 10.2 Å². The van der Waals surface area contributed by atoms with E-state index in [9.17, 15) is 4.79 Å². The van der Waals surface area contributed by atoms with E-state index in [0.717, 1.165) is 32.4 Å². The van der Waals surface area contributed by atoms with Gasteiger partial charge in [0.15, 0.2) is 0 Å². The van der Waals surface area contributed by atoms with Crippen molar-refractivity contribution in [3.63, 3.8) is 0 Å². The predicted octanol–water partition coefficient (Wildman–Crippen LogP) is 4.79. The summed E-state index contributed by atoms with van der Waals surface area (Å²) < 4.78 is 0. The van der Waals surface area contributed by atoms with E-state index in [1.807, 2.05) is 0 Å². The van der Waals surface area contributed by atoms with Crippen LogP contribution < -0.4 is 5.32 Å². The Balaban J connectivity index is 1.52. The van der Waals surface area contributed by atoms with Crippen molar-refractivity contribution < 1.29 is 4.79 Å². The Labute approximate surface area is 146 Å². The fraction of sp³-hybridized carbons (Fsp3) is 0.667. The first-order valence-electron chi connectivity index (χ1n) is 9.76. The standard InChI is InChI=1S/C21H32N2O/c1-16(2)18-9-11-19(12-10-18)22-20-8-5-13-23(15-20)21(24)14-17-6-3-4-7-17/h9-12,16-17,20,22H,3-8,13-15H2,1-2H3/t20-/m1/s1. The molecule has 3 nitrogen and oxygen atoms in total. The third kappa shape index (κ3) is 4.52. The second kappa shape index (κ2) is 8.04. The van der Waals surface area contributed by atoms with E-state index in [1.165, 1.54) is 36.9 Å². The van der Waals surface area contributed by atoms with E-state index in [0.29, 0.717) is 23.8 Å². The number of nitrogens with one attached hydrogen (secondary N) is 1. The Hall–Kier alpha value is -1.51. The lowest BCUT2D eigenvalue weighted by molar-refractivity contribution is -0.133. The van der Waals surface area contributed by atoms with Gasteiger partial charge in [-0.2, -0.15) is 0 Å². The number of carbonyl (C=O) groups is 1. The predicted molar refractivity (Wildman–Crippen MR) is 100 cm³/mol. The molecule has 1 saturated heterocycles. The minimum Gasteiger partial charge on any atom is -0.381 e. The van der Waals surface area contributed by atoms with Crippen molar-refractivity contribution in [3.8, 4) is 0 Å². The summed E-state index contributed by atoms with van der Waals surface area (Å²) in [6, 6.07) is 9.15. The second-order valence-corrected chi connectivity index (χ2v) is 7.95. The molecule has 1 saturated carbocycles. The van der Waals surface area contributed by atoms with Crippen molar-refractivity contribution >= 4 is 11.6 Å². The summed E-state index contributed by atoms with van der Waals surface area (Å²) in [5, 5.41) is 3.63. The van der Waals surface area contributed by atoms with Gasteiger partial charge in [-0.15, -0.1) is 0 Å². The van der Waals surface area contributed by atoms with E-state index >= 15 is 0 Å². The van der Waals surface area contributed by atoms with Crippen LogP contribution in [0.2, 0.25) is 0 Å². The third-order valence-corrected chi connectivity index (χ3v) is 5.66. The molecule has 2 fully saturated rings. The molecule has 0 aromatic heterocycles. The highest BCUT2D eigenvalue weighted by atomic mass is 16.2. The molecule has 0 unspecified atom stereocenters. The molecule has 0 radical (unpaired) electrons. The van der Waals surface area contributed by atoms with Crippen LogP contribution in [0.25, 0.3) is 0 Å². The van der Waals surface area contributed by atoms with Crippen LogP contribution in [-0.2, 0) is 4.79 Å². The molecule has 1 amide bonds. The normalized spacial score (nSPS) is 22.1. The van der Waals surface area contributed by atoms with E-state index in [2.05, 4.69) is 48.3 Å². The summed E-state index contributed by atoms with van der Waals surface area (Å²) in [5.74, 6) is 1.59. The minimum atomic E-state index is 0.378. The van der Waals surface area contributed by atoms with Crippen LogP contribution in [0.1, 0.15) is 70.3 Å². The monoisotopic (exact) mass is 328 g/mol. The van der Waals surface area contributed by atoms with Gasteiger partial charge in [0.25, 0.3) is 0 Å². The first kappa shape index (κ1) is 17.3. The number of nitrogens with zero attached hydrogens (tertiary/aromatic N) is 1. The lowest BCUT2D eigenvalue weighted by Gasteiger charge is -2.34. The molecule has 1 aromatic carbocycles. The Morgan fingerprint density at radius 1 is 1.12 bits per heavy atom. The van der Waals surface area contributed by atoms with E-state index in [-0.39, 0.29) is 0 Å². The van der Waals surface area contributed by atoms with Crippen LogP contribution in [0, 0.1) is 5.92 Å². The lowest BCUT2D eigenvalue weighted by Crippen LogP contribution is -2.45. The van der Waals surface area contributed by atoms with E-state index in [1.54, 1.807) is 0 Å². The summed E-state index contributed by atoms with van der Waals surface area (Å²) in [5.41, 5.74) is 2.55. The molecule has 1 aliphatic heterocycles. The van der Waals surface area contributed by atoms with Crippen LogP contribution in [0.4, 0.5) is 5.69 Å². The maximum atomic E-state index is 12.6. The summed E-state index contributed by atoms with van der Waals surface area (Å²) in [4.78, 5) is 14.7. The number of amides is 1.